The smallest absolute Gasteiger partial charge is 0.251 e. The molecule has 2 atom stereocenters. The highest BCUT2D eigenvalue weighted by Gasteiger charge is 2.23. The highest BCUT2D eigenvalue weighted by Crippen LogP contribution is 2.22. The van der Waals surface area contributed by atoms with Crippen LogP contribution in [-0.2, 0) is 20.0 Å². The summed E-state index contributed by atoms with van der Waals surface area (Å²) in [5.41, 5.74) is 2.41. The fraction of sp³-hybridized carbons (Fsp3) is 0.440. The monoisotopic (exact) mass is 490 g/mol. The lowest BCUT2D eigenvalue weighted by atomic mass is 9.86. The van der Waals surface area contributed by atoms with Gasteiger partial charge in [-0.15, -0.1) is 0 Å². The Morgan fingerprint density at radius 1 is 0.970 bits per heavy atom. The summed E-state index contributed by atoms with van der Waals surface area (Å²) in [5, 5.41) is 5.81. The summed E-state index contributed by atoms with van der Waals surface area (Å²) in [4.78, 5) is 26.0. The Labute approximate surface area is 201 Å². The quantitative estimate of drug-likeness (QED) is 0.552. The van der Waals surface area contributed by atoms with Gasteiger partial charge in [-0.25, -0.2) is 8.42 Å². The third kappa shape index (κ3) is 7.89. The van der Waals surface area contributed by atoms with Gasteiger partial charge in [0.15, 0.2) is 9.84 Å². The second kappa shape index (κ2) is 11.2. The molecule has 2 N–H and O–H groups in total. The minimum Gasteiger partial charge on any atom is -0.348 e. The lowest BCUT2D eigenvalue weighted by molar-refractivity contribution is -0.123. The Hall–Kier alpha value is -2.32. The number of benzene rings is 2. The van der Waals surface area contributed by atoms with Crippen LogP contribution in [0.5, 0.6) is 0 Å². The summed E-state index contributed by atoms with van der Waals surface area (Å²) < 4.78 is 23.3. The predicted molar refractivity (Wildman–Crippen MR) is 136 cm³/mol. The number of thioether (sulfide) groups is 1. The van der Waals surface area contributed by atoms with E-state index in [1.165, 1.54) is 12.1 Å². The number of carbonyl (C=O) groups is 2. The average Bonchev–Trinajstić information content (AvgIpc) is 2.75. The van der Waals surface area contributed by atoms with Crippen LogP contribution < -0.4 is 10.6 Å². The van der Waals surface area contributed by atoms with Crippen molar-refractivity contribution in [3.8, 4) is 0 Å². The molecule has 0 aliphatic rings. The highest BCUT2D eigenvalue weighted by atomic mass is 32.2. The van der Waals surface area contributed by atoms with Crippen LogP contribution in [0, 0.1) is 0 Å². The van der Waals surface area contributed by atoms with Crippen molar-refractivity contribution in [2.45, 2.75) is 56.5 Å². The minimum absolute atomic E-state index is 0.00850. The van der Waals surface area contributed by atoms with E-state index >= 15 is 0 Å². The molecule has 0 saturated heterocycles. The van der Waals surface area contributed by atoms with E-state index in [-0.39, 0.29) is 28.2 Å². The average molecular weight is 491 g/mol. The molecule has 2 aromatic rings. The van der Waals surface area contributed by atoms with E-state index in [2.05, 4.69) is 31.4 Å². The summed E-state index contributed by atoms with van der Waals surface area (Å²) in [6.45, 7) is 8.16. The van der Waals surface area contributed by atoms with Gasteiger partial charge in [0.05, 0.1) is 10.9 Å². The van der Waals surface area contributed by atoms with Gasteiger partial charge in [-0.1, -0.05) is 45.0 Å². The standard InChI is InChI=1S/C25H34N2O4S2/c1-17(18-9-13-21(14-10-18)33(6,30)31)26-24(29)22(15-16-32-5)27-23(28)19-7-11-20(12-8-19)25(2,3)4/h7-14,17,22H,15-16H2,1-6H3,(H,26,29)(H,27,28)/t17-,22-/m1/s1. The predicted octanol–water partition coefficient (Wildman–Crippen LogP) is 4.12. The van der Waals surface area contributed by atoms with Gasteiger partial charge in [0.1, 0.15) is 6.04 Å². The van der Waals surface area contributed by atoms with Crippen molar-refractivity contribution in [2.24, 2.45) is 0 Å². The zero-order valence-corrected chi connectivity index (χ0v) is 21.8. The van der Waals surface area contributed by atoms with Crippen LogP contribution in [0.25, 0.3) is 0 Å². The molecule has 0 aliphatic heterocycles. The van der Waals surface area contributed by atoms with E-state index in [1.54, 1.807) is 36.0 Å². The van der Waals surface area contributed by atoms with E-state index < -0.39 is 15.9 Å². The van der Waals surface area contributed by atoms with E-state index in [0.717, 1.165) is 23.1 Å². The summed E-state index contributed by atoms with van der Waals surface area (Å²) in [5.74, 6) is 0.156. The lowest BCUT2D eigenvalue weighted by Gasteiger charge is -2.22. The van der Waals surface area contributed by atoms with Gasteiger partial charge < -0.3 is 10.6 Å². The lowest BCUT2D eigenvalue weighted by Crippen LogP contribution is -2.47. The van der Waals surface area contributed by atoms with Gasteiger partial charge in [0.25, 0.3) is 5.91 Å². The number of carbonyl (C=O) groups excluding carboxylic acids is 2. The maximum atomic E-state index is 13.0. The van der Waals surface area contributed by atoms with Crippen molar-refractivity contribution >= 4 is 33.4 Å². The van der Waals surface area contributed by atoms with Crippen LogP contribution in [0.2, 0.25) is 0 Å². The summed E-state index contributed by atoms with van der Waals surface area (Å²) >= 11 is 1.61. The summed E-state index contributed by atoms with van der Waals surface area (Å²) in [7, 11) is -3.28. The van der Waals surface area contributed by atoms with E-state index in [9.17, 15) is 18.0 Å². The molecule has 2 amide bonds. The van der Waals surface area contributed by atoms with Gasteiger partial charge in [-0.3, -0.25) is 9.59 Å². The number of rotatable bonds is 9. The number of sulfone groups is 1. The first-order chi connectivity index (χ1) is 15.3. The Morgan fingerprint density at radius 3 is 2.03 bits per heavy atom. The van der Waals surface area contributed by atoms with Crippen LogP contribution in [-0.4, -0.2) is 44.5 Å². The first-order valence-corrected chi connectivity index (χ1v) is 14.1. The molecule has 0 unspecified atom stereocenters. The van der Waals surface area contributed by atoms with Gasteiger partial charge in [-0.2, -0.15) is 11.8 Å². The first-order valence-electron chi connectivity index (χ1n) is 10.8. The van der Waals surface area contributed by atoms with Crippen LogP contribution in [0.1, 0.15) is 61.6 Å². The molecular weight excluding hydrogens is 456 g/mol. The molecule has 0 aromatic heterocycles. The van der Waals surface area contributed by atoms with Crippen LogP contribution in [0.3, 0.4) is 0 Å². The van der Waals surface area contributed by atoms with Crippen LogP contribution >= 0.6 is 11.8 Å². The summed E-state index contributed by atoms with van der Waals surface area (Å²) in [6, 6.07) is 12.9. The maximum absolute atomic E-state index is 13.0. The fourth-order valence-corrected chi connectivity index (χ4v) is 4.37. The van der Waals surface area contributed by atoms with Crippen LogP contribution in [0.15, 0.2) is 53.4 Å². The largest absolute Gasteiger partial charge is 0.348 e. The van der Waals surface area contributed by atoms with E-state index in [1.807, 2.05) is 25.3 Å². The number of amides is 2. The van der Waals surface area contributed by atoms with Crippen molar-refractivity contribution in [3.05, 3.63) is 65.2 Å². The first kappa shape index (κ1) is 26.9. The molecule has 6 nitrogen and oxygen atoms in total. The molecule has 0 saturated carbocycles. The van der Waals surface area contributed by atoms with Gasteiger partial charge in [-0.05, 0) is 66.2 Å². The topological polar surface area (TPSA) is 92.3 Å². The van der Waals surface area contributed by atoms with Crippen molar-refractivity contribution in [1.82, 2.24) is 10.6 Å². The molecule has 33 heavy (non-hydrogen) atoms. The molecule has 2 aromatic carbocycles. The Kier molecular flexibility index (Phi) is 9.14. The second-order valence-electron chi connectivity index (χ2n) is 9.21. The van der Waals surface area contributed by atoms with Crippen molar-refractivity contribution in [2.75, 3.05) is 18.3 Å². The molecule has 0 fully saturated rings. The Morgan fingerprint density at radius 2 is 1.55 bits per heavy atom. The molecule has 0 bridgehead atoms. The molecule has 0 spiro atoms. The normalized spacial score (nSPS) is 13.8. The van der Waals surface area contributed by atoms with Crippen molar-refractivity contribution in [3.63, 3.8) is 0 Å². The molecule has 2 rings (SSSR count). The molecule has 0 aliphatic carbocycles. The third-order valence-corrected chi connectivity index (χ3v) is 7.19. The third-order valence-electron chi connectivity index (χ3n) is 5.41. The zero-order valence-electron chi connectivity index (χ0n) is 20.1. The fourth-order valence-electron chi connectivity index (χ4n) is 3.27. The van der Waals surface area contributed by atoms with E-state index in [0.29, 0.717) is 12.0 Å². The Balaban J connectivity index is 2.10. The maximum Gasteiger partial charge on any atom is 0.251 e. The molecule has 0 radical (unpaired) electrons. The second-order valence-corrected chi connectivity index (χ2v) is 12.2. The van der Waals surface area contributed by atoms with Gasteiger partial charge in [0.2, 0.25) is 5.91 Å². The van der Waals surface area contributed by atoms with Gasteiger partial charge in [0, 0.05) is 11.8 Å². The van der Waals surface area contributed by atoms with Crippen molar-refractivity contribution < 1.29 is 18.0 Å². The van der Waals surface area contributed by atoms with Gasteiger partial charge >= 0.3 is 0 Å². The number of nitrogens with one attached hydrogen (secondary N) is 2. The highest BCUT2D eigenvalue weighted by molar-refractivity contribution is 7.98. The number of hydrogen-bond donors (Lipinski definition) is 2. The molecular formula is C25H34N2O4S2. The van der Waals surface area contributed by atoms with Crippen molar-refractivity contribution in [1.29, 1.82) is 0 Å². The molecule has 0 heterocycles. The zero-order chi connectivity index (χ0) is 24.8. The molecule has 180 valence electrons. The van der Waals surface area contributed by atoms with Crippen LogP contribution in [0.4, 0.5) is 0 Å². The summed E-state index contributed by atoms with van der Waals surface area (Å²) in [6.07, 6.45) is 3.61. The minimum atomic E-state index is -3.28. The van der Waals surface area contributed by atoms with E-state index in [4.69, 9.17) is 0 Å². The number of hydrogen-bond acceptors (Lipinski definition) is 5. The SMILES string of the molecule is CSCC[C@@H](NC(=O)c1ccc(C(C)(C)C)cc1)C(=O)N[C@H](C)c1ccc(S(C)(=O)=O)cc1. The molecule has 8 heteroatoms. The Bertz CT molecular complexity index is 1060.